The molecule has 342 valence electrons. The van der Waals surface area contributed by atoms with Crippen LogP contribution in [-0.2, 0) is 46.4 Å². The van der Waals surface area contributed by atoms with Gasteiger partial charge in [0.1, 0.15) is 18.1 Å². The molecule has 1 fully saturated rings. The monoisotopic (exact) mass is 883 g/mol. The molecule has 4 rings (SSSR count). The summed E-state index contributed by atoms with van der Waals surface area (Å²) in [6, 6.07) is 22.0. The molecule has 0 radical (unpaired) electrons. The molecule has 0 saturated carbocycles. The second-order valence-corrected chi connectivity index (χ2v) is 15.5. The predicted molar refractivity (Wildman–Crippen MR) is 233 cm³/mol. The quantitative estimate of drug-likeness (QED) is 0.0680. The van der Waals surface area contributed by atoms with Crippen molar-refractivity contribution in [3.63, 3.8) is 0 Å². The maximum absolute atomic E-state index is 14.2. The molecular formula is C46H57N7O11. The SMILES string of the molecule is CC(=O)N[C@@H](CC(=O)O)C(=O)N(CCC(=O)N[C@H](CCCCNC(=O)NC(=O)c1ccccc1)C(=O)N[C@@H](Cc1ccccc1)C(=O)N1CCC(C(=O)O)CC1)CCc1ccccc1. The van der Waals surface area contributed by atoms with Gasteiger partial charge in [0.05, 0.1) is 12.3 Å². The maximum atomic E-state index is 14.2. The summed E-state index contributed by atoms with van der Waals surface area (Å²) in [5.74, 6) is -6.46. The Kier molecular flexibility index (Phi) is 19.9. The number of nitrogens with one attached hydrogen (secondary N) is 5. The van der Waals surface area contributed by atoms with Gasteiger partial charge in [0, 0.05) is 58.1 Å². The summed E-state index contributed by atoms with van der Waals surface area (Å²) in [6.07, 6.45) is 0.650. The van der Waals surface area contributed by atoms with Crippen molar-refractivity contribution in [2.45, 2.75) is 82.8 Å². The molecule has 18 heteroatoms. The van der Waals surface area contributed by atoms with E-state index in [9.17, 15) is 53.4 Å². The third-order valence-electron chi connectivity index (χ3n) is 10.7. The van der Waals surface area contributed by atoms with Crippen LogP contribution in [0.15, 0.2) is 91.0 Å². The number of imide groups is 1. The Morgan fingerprint density at radius 2 is 1.33 bits per heavy atom. The number of carbonyl (C=O) groups is 9. The number of carbonyl (C=O) groups excluding carboxylic acids is 7. The van der Waals surface area contributed by atoms with E-state index < -0.39 is 83.9 Å². The van der Waals surface area contributed by atoms with Crippen molar-refractivity contribution in [2.75, 3.05) is 32.7 Å². The van der Waals surface area contributed by atoms with Gasteiger partial charge < -0.3 is 41.3 Å². The lowest BCUT2D eigenvalue weighted by atomic mass is 9.95. The molecule has 1 aliphatic heterocycles. The first-order chi connectivity index (χ1) is 30.7. The highest BCUT2D eigenvalue weighted by Gasteiger charge is 2.34. The van der Waals surface area contributed by atoms with Gasteiger partial charge >= 0.3 is 18.0 Å². The average molecular weight is 884 g/mol. The van der Waals surface area contributed by atoms with E-state index in [0.717, 1.165) is 18.1 Å². The summed E-state index contributed by atoms with van der Waals surface area (Å²) in [5, 5.41) is 31.8. The Balaban J connectivity index is 1.49. The zero-order valence-corrected chi connectivity index (χ0v) is 35.8. The number of rotatable bonds is 23. The first-order valence-electron chi connectivity index (χ1n) is 21.3. The molecule has 3 atom stereocenters. The topological polar surface area (TPSA) is 261 Å². The van der Waals surface area contributed by atoms with Crippen molar-refractivity contribution in [2.24, 2.45) is 5.92 Å². The van der Waals surface area contributed by atoms with E-state index in [1.54, 1.807) is 54.6 Å². The molecule has 64 heavy (non-hydrogen) atoms. The number of nitrogens with zero attached hydrogens (tertiary/aromatic N) is 2. The number of amides is 8. The molecule has 0 spiro atoms. The smallest absolute Gasteiger partial charge is 0.321 e. The molecule has 3 aromatic rings. The van der Waals surface area contributed by atoms with Crippen molar-refractivity contribution >= 4 is 53.4 Å². The third kappa shape index (κ3) is 17.0. The molecule has 1 aliphatic rings. The fourth-order valence-electron chi connectivity index (χ4n) is 7.23. The fourth-order valence-corrected chi connectivity index (χ4v) is 7.23. The van der Waals surface area contributed by atoms with Crippen LogP contribution < -0.4 is 26.6 Å². The summed E-state index contributed by atoms with van der Waals surface area (Å²) < 4.78 is 0. The molecule has 0 aliphatic carbocycles. The molecule has 18 nitrogen and oxygen atoms in total. The number of hydrogen-bond donors (Lipinski definition) is 7. The summed E-state index contributed by atoms with van der Waals surface area (Å²) in [4.78, 5) is 118. The number of hydrogen-bond acceptors (Lipinski definition) is 9. The van der Waals surface area contributed by atoms with E-state index >= 15 is 0 Å². The molecule has 1 saturated heterocycles. The Morgan fingerprint density at radius 1 is 0.719 bits per heavy atom. The maximum Gasteiger partial charge on any atom is 0.321 e. The number of unbranched alkanes of at least 4 members (excludes halogenated alkanes) is 1. The van der Waals surface area contributed by atoms with Gasteiger partial charge in [0.2, 0.25) is 29.5 Å². The van der Waals surface area contributed by atoms with Gasteiger partial charge in [-0.05, 0) is 61.8 Å². The Hall–Kier alpha value is -7.11. The summed E-state index contributed by atoms with van der Waals surface area (Å²) in [5.41, 5.74) is 1.92. The molecule has 8 amide bonds. The van der Waals surface area contributed by atoms with Crippen molar-refractivity contribution < 1.29 is 53.4 Å². The van der Waals surface area contributed by atoms with Gasteiger partial charge in [-0.25, -0.2) is 4.79 Å². The van der Waals surface area contributed by atoms with Crippen LogP contribution in [0.3, 0.4) is 0 Å². The van der Waals surface area contributed by atoms with E-state index in [-0.39, 0.29) is 64.8 Å². The second kappa shape index (κ2) is 25.7. The van der Waals surface area contributed by atoms with Gasteiger partial charge in [0.25, 0.3) is 5.91 Å². The Morgan fingerprint density at radius 3 is 1.92 bits per heavy atom. The van der Waals surface area contributed by atoms with Crippen molar-refractivity contribution in [3.8, 4) is 0 Å². The Labute approximate surface area is 371 Å². The highest BCUT2D eigenvalue weighted by Crippen LogP contribution is 2.19. The first kappa shape index (κ1) is 49.5. The first-order valence-corrected chi connectivity index (χ1v) is 21.3. The number of carboxylic acid groups (broad SMARTS) is 2. The van der Waals surface area contributed by atoms with Gasteiger partial charge in [-0.2, -0.15) is 0 Å². The van der Waals surface area contributed by atoms with Gasteiger partial charge in [-0.15, -0.1) is 0 Å². The summed E-state index contributed by atoms with van der Waals surface area (Å²) in [6.45, 7) is 1.53. The second-order valence-electron chi connectivity index (χ2n) is 15.5. The van der Waals surface area contributed by atoms with Crippen LogP contribution in [0.25, 0.3) is 0 Å². The predicted octanol–water partition coefficient (Wildman–Crippen LogP) is 2.27. The highest BCUT2D eigenvalue weighted by atomic mass is 16.4. The van der Waals surface area contributed by atoms with E-state index in [2.05, 4.69) is 26.6 Å². The Bertz CT molecular complexity index is 2050. The zero-order chi connectivity index (χ0) is 46.4. The van der Waals surface area contributed by atoms with Gasteiger partial charge in [-0.1, -0.05) is 78.9 Å². The summed E-state index contributed by atoms with van der Waals surface area (Å²) in [7, 11) is 0. The van der Waals surface area contributed by atoms with Crippen LogP contribution in [0.4, 0.5) is 4.79 Å². The lowest BCUT2D eigenvalue weighted by molar-refractivity contribution is -0.146. The van der Waals surface area contributed by atoms with Crippen LogP contribution in [0, 0.1) is 5.92 Å². The van der Waals surface area contributed by atoms with Crippen molar-refractivity contribution in [3.05, 3.63) is 108 Å². The van der Waals surface area contributed by atoms with Gasteiger partial charge in [0.15, 0.2) is 0 Å². The molecular weight excluding hydrogens is 827 g/mol. The number of likely N-dealkylation sites (tertiary alicyclic amines) is 1. The highest BCUT2D eigenvalue weighted by molar-refractivity contribution is 6.04. The third-order valence-corrected chi connectivity index (χ3v) is 10.7. The van der Waals surface area contributed by atoms with Crippen LogP contribution in [0.5, 0.6) is 0 Å². The van der Waals surface area contributed by atoms with Gasteiger partial charge in [-0.3, -0.25) is 43.7 Å². The molecule has 0 bridgehead atoms. The number of urea groups is 1. The van der Waals surface area contributed by atoms with Crippen LogP contribution in [0.1, 0.15) is 73.4 Å². The van der Waals surface area contributed by atoms with Crippen molar-refractivity contribution in [1.82, 2.24) is 36.4 Å². The largest absolute Gasteiger partial charge is 0.481 e. The number of aliphatic carboxylic acids is 2. The lowest BCUT2D eigenvalue weighted by Gasteiger charge is -2.33. The van der Waals surface area contributed by atoms with Crippen molar-refractivity contribution in [1.29, 1.82) is 0 Å². The van der Waals surface area contributed by atoms with Crippen LogP contribution in [0.2, 0.25) is 0 Å². The lowest BCUT2D eigenvalue weighted by Crippen LogP contribution is -2.56. The number of benzene rings is 3. The summed E-state index contributed by atoms with van der Waals surface area (Å²) >= 11 is 0. The van der Waals surface area contributed by atoms with E-state index in [4.69, 9.17) is 0 Å². The number of carboxylic acids is 2. The number of piperidine rings is 1. The van der Waals surface area contributed by atoms with E-state index in [0.29, 0.717) is 24.8 Å². The zero-order valence-electron chi connectivity index (χ0n) is 35.8. The molecule has 7 N–H and O–H groups in total. The van der Waals surface area contributed by atoms with E-state index in [1.165, 1.54) is 9.80 Å². The average Bonchev–Trinajstić information content (AvgIpc) is 3.28. The molecule has 1 heterocycles. The minimum Gasteiger partial charge on any atom is -0.481 e. The van der Waals surface area contributed by atoms with E-state index in [1.807, 2.05) is 36.4 Å². The van der Waals surface area contributed by atoms with Crippen LogP contribution >= 0.6 is 0 Å². The molecule has 3 aromatic carbocycles. The fraction of sp³-hybridized carbons (Fsp3) is 0.413. The minimum absolute atomic E-state index is 0.0555. The molecule has 0 unspecified atom stereocenters. The minimum atomic E-state index is -1.39. The molecule has 0 aromatic heterocycles. The standard InChI is InChI=1S/C46H57N7O11/c1-31(54)48-38(30-40(56)57)44(61)52(25-20-32-13-5-2-6-14-32)28-23-39(55)49-36(19-11-12-24-47-46(64)51-41(58)34-17-9-4-10-18-34)42(59)50-37(29-33-15-7-3-8-16-33)43(60)53-26-21-35(22-27-53)45(62)63/h2-10,13-18,35-38H,11-12,19-30H2,1H3,(H,48,54)(H,49,55)(H,50,59)(H,56,57)(H,62,63)(H2,47,51,58,64)/t36-,37+,38+/m1/s1. The normalized spacial score (nSPS) is 13.9. The van der Waals surface area contributed by atoms with Crippen LogP contribution in [-0.4, -0.2) is 124 Å².